The molecule has 3 aromatic rings. The second-order valence-corrected chi connectivity index (χ2v) is 8.09. The van der Waals surface area contributed by atoms with Crippen LogP contribution in [0, 0.1) is 11.7 Å². The summed E-state index contributed by atoms with van der Waals surface area (Å²) in [5.74, 6) is 0.0323. The van der Waals surface area contributed by atoms with E-state index < -0.39 is 5.82 Å². The Morgan fingerprint density at radius 3 is 2.66 bits per heavy atom. The summed E-state index contributed by atoms with van der Waals surface area (Å²) < 4.78 is 14.8. The van der Waals surface area contributed by atoms with Gasteiger partial charge in [-0.3, -0.25) is 9.59 Å². The monoisotopic (exact) mass is 434 g/mol. The molecule has 1 aromatic heterocycles. The zero-order valence-electron chi connectivity index (χ0n) is 18.1. The average Bonchev–Trinajstić information content (AvgIpc) is 2.83. The first-order chi connectivity index (χ1) is 15.5. The predicted octanol–water partition coefficient (Wildman–Crippen LogP) is 3.47. The van der Waals surface area contributed by atoms with Crippen molar-refractivity contribution in [3.05, 3.63) is 88.0 Å². The topological polar surface area (TPSA) is 67.2 Å². The summed E-state index contributed by atoms with van der Waals surface area (Å²) in [7, 11) is 0. The first-order valence-corrected chi connectivity index (χ1v) is 11.0. The van der Waals surface area contributed by atoms with Crippen LogP contribution in [0.2, 0.25) is 0 Å². The maximum Gasteiger partial charge on any atom is 0.271 e. The SMILES string of the molecule is CCc1ccc(CNC(=O)[C@H]2CCCN(c3ccc(=O)n(-c4cccc(F)c4)n3)C2)cc1. The Morgan fingerprint density at radius 2 is 1.91 bits per heavy atom. The van der Waals surface area contributed by atoms with Gasteiger partial charge in [-0.15, -0.1) is 5.10 Å². The number of aryl methyl sites for hydroxylation is 1. The highest BCUT2D eigenvalue weighted by molar-refractivity contribution is 5.79. The largest absolute Gasteiger partial charge is 0.354 e. The molecule has 1 aliphatic rings. The van der Waals surface area contributed by atoms with Crippen LogP contribution in [0.15, 0.2) is 65.5 Å². The van der Waals surface area contributed by atoms with Crippen LogP contribution in [0.3, 0.4) is 0 Å². The second-order valence-electron chi connectivity index (χ2n) is 8.09. The Labute approximate surface area is 186 Å². The van der Waals surface area contributed by atoms with Gasteiger partial charge in [-0.25, -0.2) is 4.39 Å². The van der Waals surface area contributed by atoms with Gasteiger partial charge < -0.3 is 10.2 Å². The first-order valence-electron chi connectivity index (χ1n) is 11.0. The third kappa shape index (κ3) is 5.04. The number of carbonyl (C=O) groups excluding carboxylic acids is 1. The fourth-order valence-electron chi connectivity index (χ4n) is 3.99. The molecular weight excluding hydrogens is 407 g/mol. The molecule has 2 aromatic carbocycles. The third-order valence-corrected chi connectivity index (χ3v) is 5.85. The van der Waals surface area contributed by atoms with E-state index >= 15 is 0 Å². The molecule has 1 aliphatic heterocycles. The fraction of sp³-hybridized carbons (Fsp3) is 0.320. The molecule has 1 fully saturated rings. The van der Waals surface area contributed by atoms with Crippen LogP contribution in [0.1, 0.15) is 30.9 Å². The van der Waals surface area contributed by atoms with Crippen LogP contribution >= 0.6 is 0 Å². The summed E-state index contributed by atoms with van der Waals surface area (Å²) in [5, 5.41) is 7.49. The van der Waals surface area contributed by atoms with Gasteiger partial charge in [0, 0.05) is 25.7 Å². The van der Waals surface area contributed by atoms with Gasteiger partial charge in [0.15, 0.2) is 0 Å². The van der Waals surface area contributed by atoms with Crippen molar-refractivity contribution in [2.24, 2.45) is 5.92 Å². The van der Waals surface area contributed by atoms with Crippen LogP contribution in [-0.2, 0) is 17.8 Å². The minimum Gasteiger partial charge on any atom is -0.354 e. The zero-order valence-corrected chi connectivity index (χ0v) is 18.1. The van der Waals surface area contributed by atoms with Crippen molar-refractivity contribution in [1.29, 1.82) is 0 Å². The van der Waals surface area contributed by atoms with Gasteiger partial charge >= 0.3 is 0 Å². The normalized spacial score (nSPS) is 16.1. The van der Waals surface area contributed by atoms with Crippen molar-refractivity contribution in [2.45, 2.75) is 32.7 Å². The lowest BCUT2D eigenvalue weighted by molar-refractivity contribution is -0.125. The summed E-state index contributed by atoms with van der Waals surface area (Å²) in [6, 6.07) is 17.1. The van der Waals surface area contributed by atoms with Gasteiger partial charge in [-0.1, -0.05) is 37.3 Å². The van der Waals surface area contributed by atoms with E-state index in [-0.39, 0.29) is 17.4 Å². The van der Waals surface area contributed by atoms with Crippen LogP contribution in [-0.4, -0.2) is 28.8 Å². The van der Waals surface area contributed by atoms with Crippen molar-refractivity contribution in [1.82, 2.24) is 15.1 Å². The lowest BCUT2D eigenvalue weighted by Crippen LogP contribution is -2.43. The van der Waals surface area contributed by atoms with Crippen molar-refractivity contribution in [3.63, 3.8) is 0 Å². The van der Waals surface area contributed by atoms with Crippen molar-refractivity contribution < 1.29 is 9.18 Å². The molecule has 0 spiro atoms. The quantitative estimate of drug-likeness (QED) is 0.645. The standard InChI is InChI=1S/C25H27FN4O2/c1-2-18-8-10-19(11-9-18)16-27-25(32)20-5-4-14-29(17-20)23-12-13-24(31)30(28-23)22-7-3-6-21(26)15-22/h3,6-13,15,20H,2,4-5,14,16-17H2,1H3,(H,27,32)/t20-/m0/s1. The number of halogens is 1. The number of amides is 1. The fourth-order valence-corrected chi connectivity index (χ4v) is 3.99. The third-order valence-electron chi connectivity index (χ3n) is 5.85. The summed E-state index contributed by atoms with van der Waals surface area (Å²) >= 11 is 0. The maximum absolute atomic E-state index is 13.6. The van der Waals surface area contributed by atoms with Gasteiger partial charge in [0.1, 0.15) is 11.6 Å². The number of anilines is 1. The molecule has 1 atom stereocenters. The molecule has 1 N–H and O–H groups in total. The molecule has 1 saturated heterocycles. The Balaban J connectivity index is 1.43. The summed E-state index contributed by atoms with van der Waals surface area (Å²) in [6.45, 7) is 3.89. The van der Waals surface area contributed by atoms with Crippen molar-refractivity contribution >= 4 is 11.7 Å². The lowest BCUT2D eigenvalue weighted by Gasteiger charge is -2.33. The number of carbonyl (C=O) groups is 1. The highest BCUT2D eigenvalue weighted by Crippen LogP contribution is 2.22. The summed E-state index contributed by atoms with van der Waals surface area (Å²) in [5.41, 5.74) is 2.39. The summed E-state index contributed by atoms with van der Waals surface area (Å²) in [6.07, 6.45) is 2.65. The Kier molecular flexibility index (Phi) is 6.63. The van der Waals surface area contributed by atoms with Gasteiger partial charge in [-0.2, -0.15) is 4.68 Å². The smallest absolute Gasteiger partial charge is 0.271 e. The van der Waals surface area contributed by atoms with E-state index in [1.807, 2.05) is 17.0 Å². The van der Waals surface area contributed by atoms with Gasteiger partial charge in [-0.05, 0) is 54.7 Å². The van der Waals surface area contributed by atoms with Crippen LogP contribution in [0.4, 0.5) is 10.2 Å². The maximum atomic E-state index is 13.6. The van der Waals surface area contributed by atoms with E-state index in [0.717, 1.165) is 31.4 Å². The minimum atomic E-state index is -0.430. The van der Waals surface area contributed by atoms with Crippen LogP contribution in [0.5, 0.6) is 0 Å². The predicted molar refractivity (Wildman–Crippen MR) is 122 cm³/mol. The molecule has 7 heteroatoms. The molecule has 166 valence electrons. The van der Waals surface area contributed by atoms with Crippen molar-refractivity contribution in [3.8, 4) is 5.69 Å². The Bertz CT molecular complexity index is 1140. The number of nitrogens with zero attached hydrogens (tertiary/aromatic N) is 3. The van der Waals surface area contributed by atoms with Gasteiger partial charge in [0.25, 0.3) is 5.56 Å². The Hall–Kier alpha value is -3.48. The highest BCUT2D eigenvalue weighted by Gasteiger charge is 2.26. The number of nitrogens with one attached hydrogen (secondary N) is 1. The highest BCUT2D eigenvalue weighted by atomic mass is 19.1. The number of hydrogen-bond acceptors (Lipinski definition) is 4. The molecule has 1 amide bonds. The lowest BCUT2D eigenvalue weighted by atomic mass is 9.97. The number of benzene rings is 2. The Morgan fingerprint density at radius 1 is 1.12 bits per heavy atom. The number of piperidine rings is 1. The second kappa shape index (κ2) is 9.77. The molecule has 0 saturated carbocycles. The van der Waals surface area contributed by atoms with Crippen molar-refractivity contribution in [2.75, 3.05) is 18.0 Å². The van der Waals surface area contributed by atoms with Gasteiger partial charge in [0.2, 0.25) is 5.91 Å². The molecule has 0 unspecified atom stereocenters. The number of hydrogen-bond donors (Lipinski definition) is 1. The van der Waals surface area contributed by atoms with Crippen LogP contribution < -0.4 is 15.8 Å². The molecule has 32 heavy (non-hydrogen) atoms. The number of aromatic nitrogens is 2. The van der Waals surface area contributed by atoms with E-state index in [2.05, 4.69) is 29.5 Å². The van der Waals surface area contributed by atoms with E-state index in [1.54, 1.807) is 18.2 Å². The minimum absolute atomic E-state index is 0.0210. The molecule has 0 bridgehead atoms. The van der Waals surface area contributed by atoms with Gasteiger partial charge in [0.05, 0.1) is 11.6 Å². The summed E-state index contributed by atoms with van der Waals surface area (Å²) in [4.78, 5) is 27.1. The van der Waals surface area contributed by atoms with E-state index in [0.29, 0.717) is 24.6 Å². The first kappa shape index (κ1) is 21.7. The zero-order chi connectivity index (χ0) is 22.5. The van der Waals surface area contributed by atoms with E-state index in [4.69, 9.17) is 0 Å². The molecule has 0 aliphatic carbocycles. The molecule has 4 rings (SSSR count). The molecular formula is C25H27FN4O2. The molecule has 0 radical (unpaired) electrons. The van der Waals surface area contributed by atoms with Crippen LogP contribution in [0.25, 0.3) is 5.69 Å². The molecule has 6 nitrogen and oxygen atoms in total. The van der Waals surface area contributed by atoms with E-state index in [1.165, 1.54) is 28.4 Å². The number of rotatable bonds is 6. The molecule has 2 heterocycles. The average molecular weight is 435 g/mol. The van der Waals surface area contributed by atoms with E-state index in [9.17, 15) is 14.0 Å².